The van der Waals surface area contributed by atoms with Gasteiger partial charge in [0.1, 0.15) is 16.9 Å². The van der Waals surface area contributed by atoms with Gasteiger partial charge in [0.25, 0.3) is 0 Å². The Morgan fingerprint density at radius 2 is 2.20 bits per heavy atom. The molecule has 1 aromatic carbocycles. The molecule has 5 rings (SSSR count). The van der Waals surface area contributed by atoms with Crippen LogP contribution in [0.2, 0.25) is 0 Å². The minimum Gasteiger partial charge on any atom is -0.346 e. The number of nitriles is 1. The number of aromatic amines is 1. The van der Waals surface area contributed by atoms with E-state index in [0.717, 1.165) is 53.3 Å². The van der Waals surface area contributed by atoms with Crippen LogP contribution >= 0.6 is 0 Å². The minimum absolute atomic E-state index is 0.252. The van der Waals surface area contributed by atoms with Gasteiger partial charge in [0, 0.05) is 30.5 Å². The monoisotopic (exact) mass is 397 g/mol. The maximum absolute atomic E-state index is 12.5. The van der Waals surface area contributed by atoms with Crippen molar-refractivity contribution in [3.05, 3.63) is 60.2 Å². The molecular formula is C24H23N5O. The molecule has 1 unspecified atom stereocenters. The van der Waals surface area contributed by atoms with E-state index in [4.69, 9.17) is 5.26 Å². The second kappa shape index (κ2) is 7.75. The molecule has 3 heterocycles. The first-order chi connectivity index (χ1) is 14.7. The van der Waals surface area contributed by atoms with Gasteiger partial charge in [0.2, 0.25) is 0 Å². The first kappa shape index (κ1) is 18.6. The van der Waals surface area contributed by atoms with Gasteiger partial charge in [-0.25, -0.2) is 9.97 Å². The lowest BCUT2D eigenvalue weighted by molar-refractivity contribution is -0.118. The van der Waals surface area contributed by atoms with Crippen molar-refractivity contribution in [3.8, 4) is 6.07 Å². The number of rotatable bonds is 6. The van der Waals surface area contributed by atoms with E-state index < -0.39 is 0 Å². The molecule has 0 bridgehead atoms. The number of ketones is 1. The molecule has 0 spiro atoms. The van der Waals surface area contributed by atoms with E-state index >= 15 is 0 Å². The van der Waals surface area contributed by atoms with Crippen molar-refractivity contribution >= 4 is 27.9 Å². The third-order valence-electron chi connectivity index (χ3n) is 6.31. The highest BCUT2D eigenvalue weighted by Crippen LogP contribution is 2.39. The molecule has 0 aliphatic heterocycles. The minimum atomic E-state index is 0.252. The number of nitrogens with zero attached hydrogens (tertiary/aromatic N) is 4. The summed E-state index contributed by atoms with van der Waals surface area (Å²) in [4.78, 5) is 24.6. The summed E-state index contributed by atoms with van der Waals surface area (Å²) in [5, 5.41) is 10.1. The summed E-state index contributed by atoms with van der Waals surface area (Å²) in [6.45, 7) is 0. The summed E-state index contributed by atoms with van der Waals surface area (Å²) in [7, 11) is 0. The number of hydrogen-bond acceptors (Lipinski definition) is 4. The number of benzene rings is 1. The van der Waals surface area contributed by atoms with Crippen LogP contribution in [0.15, 0.2) is 49.1 Å². The summed E-state index contributed by atoms with van der Waals surface area (Å²) >= 11 is 0. The van der Waals surface area contributed by atoms with Crippen molar-refractivity contribution in [2.45, 2.75) is 44.6 Å². The van der Waals surface area contributed by atoms with Gasteiger partial charge in [-0.1, -0.05) is 12.1 Å². The van der Waals surface area contributed by atoms with Crippen molar-refractivity contribution in [1.29, 1.82) is 5.26 Å². The molecule has 2 atom stereocenters. The Morgan fingerprint density at radius 3 is 3.10 bits per heavy atom. The Bertz CT molecular complexity index is 1260. The fraction of sp³-hybridized carbons (Fsp3) is 0.333. The normalized spacial score (nSPS) is 18.8. The van der Waals surface area contributed by atoms with Gasteiger partial charge >= 0.3 is 0 Å². The van der Waals surface area contributed by atoms with E-state index in [2.05, 4.69) is 31.7 Å². The molecule has 1 aliphatic carbocycles. The Kier molecular flexibility index (Phi) is 4.80. The summed E-state index contributed by atoms with van der Waals surface area (Å²) < 4.78 is 2.31. The second-order valence-corrected chi connectivity index (χ2v) is 8.28. The zero-order valence-corrected chi connectivity index (χ0v) is 16.7. The van der Waals surface area contributed by atoms with Crippen LogP contribution in [0.4, 0.5) is 0 Å². The van der Waals surface area contributed by atoms with Crippen LogP contribution in [0.25, 0.3) is 22.1 Å². The number of pyridine rings is 1. The number of Topliss-reactive ketones (excluding diaryl/α,β-unsaturated/α-hetero) is 1. The number of fused-ring (bicyclic) bond motifs is 3. The summed E-state index contributed by atoms with van der Waals surface area (Å²) in [5.41, 5.74) is 4.51. The number of nitrogens with one attached hydrogen (secondary N) is 1. The number of aromatic nitrogens is 4. The molecule has 3 aromatic heterocycles. The number of imidazole rings is 1. The third kappa shape index (κ3) is 3.48. The fourth-order valence-corrected chi connectivity index (χ4v) is 4.80. The van der Waals surface area contributed by atoms with E-state index in [1.807, 2.05) is 36.9 Å². The quantitative estimate of drug-likeness (QED) is 0.510. The van der Waals surface area contributed by atoms with Gasteiger partial charge in [-0.05, 0) is 55.4 Å². The second-order valence-electron chi connectivity index (χ2n) is 8.28. The summed E-state index contributed by atoms with van der Waals surface area (Å²) in [6, 6.07) is 12.0. The predicted octanol–water partition coefficient (Wildman–Crippen LogP) is 4.72. The Morgan fingerprint density at radius 1 is 1.27 bits per heavy atom. The SMILES string of the molecule is N#Cc1cccc(CC(=O)CCC2CC[C@@H](n3cnc4cnc5[nH]ccc5c43)C2)c1. The lowest BCUT2D eigenvalue weighted by Crippen LogP contribution is -2.07. The van der Waals surface area contributed by atoms with Crippen LogP contribution < -0.4 is 0 Å². The topological polar surface area (TPSA) is 87.4 Å². The number of hydrogen-bond donors (Lipinski definition) is 1. The third-order valence-corrected chi connectivity index (χ3v) is 6.31. The molecule has 150 valence electrons. The lowest BCUT2D eigenvalue weighted by atomic mass is 9.97. The van der Waals surface area contributed by atoms with Crippen LogP contribution in [0.3, 0.4) is 0 Å². The van der Waals surface area contributed by atoms with Gasteiger partial charge in [-0.15, -0.1) is 0 Å². The zero-order chi connectivity index (χ0) is 20.5. The molecule has 6 nitrogen and oxygen atoms in total. The Labute approximate surface area is 174 Å². The average molecular weight is 397 g/mol. The van der Waals surface area contributed by atoms with Crippen LogP contribution in [0.1, 0.15) is 49.3 Å². The largest absolute Gasteiger partial charge is 0.346 e. The predicted molar refractivity (Wildman–Crippen MR) is 115 cm³/mol. The average Bonchev–Trinajstić information content (AvgIpc) is 3.50. The highest BCUT2D eigenvalue weighted by atomic mass is 16.1. The van der Waals surface area contributed by atoms with Crippen molar-refractivity contribution in [1.82, 2.24) is 19.5 Å². The fourth-order valence-electron chi connectivity index (χ4n) is 4.80. The van der Waals surface area contributed by atoms with E-state index in [1.165, 1.54) is 0 Å². The van der Waals surface area contributed by atoms with Gasteiger partial charge in [0.15, 0.2) is 0 Å². The van der Waals surface area contributed by atoms with E-state index in [9.17, 15) is 4.79 Å². The molecule has 0 amide bonds. The molecule has 1 saturated carbocycles. The standard InChI is InChI=1S/C24H23N5O/c25-13-18-3-1-2-17(10-18)12-20(30)7-5-16-4-6-19(11-16)29-15-28-22-14-27-24-21(23(22)29)8-9-26-24/h1-3,8-10,14-16,19H,4-7,11-12H2,(H,26,27)/t16?,19-/m1/s1. The zero-order valence-electron chi connectivity index (χ0n) is 16.7. The number of carbonyl (C=O) groups excluding carboxylic acids is 1. The van der Waals surface area contributed by atoms with Crippen LogP contribution in [0.5, 0.6) is 0 Å². The molecule has 1 fully saturated rings. The molecule has 6 heteroatoms. The van der Waals surface area contributed by atoms with E-state index in [-0.39, 0.29) is 5.78 Å². The molecule has 1 N–H and O–H groups in total. The highest BCUT2D eigenvalue weighted by molar-refractivity contribution is 6.00. The summed E-state index contributed by atoms with van der Waals surface area (Å²) in [6.07, 6.45) is 11.0. The van der Waals surface area contributed by atoms with Crippen molar-refractivity contribution in [2.24, 2.45) is 5.92 Å². The highest BCUT2D eigenvalue weighted by Gasteiger charge is 2.27. The molecular weight excluding hydrogens is 374 g/mol. The first-order valence-corrected chi connectivity index (χ1v) is 10.5. The maximum atomic E-state index is 12.5. The van der Waals surface area contributed by atoms with E-state index in [0.29, 0.717) is 30.4 Å². The molecule has 1 aliphatic rings. The van der Waals surface area contributed by atoms with Gasteiger partial charge in [-0.3, -0.25) is 4.79 Å². The number of carbonyl (C=O) groups is 1. The maximum Gasteiger partial charge on any atom is 0.139 e. The van der Waals surface area contributed by atoms with Crippen LogP contribution in [-0.2, 0) is 11.2 Å². The summed E-state index contributed by atoms with van der Waals surface area (Å²) in [5.74, 6) is 0.812. The van der Waals surface area contributed by atoms with Gasteiger partial charge < -0.3 is 9.55 Å². The number of H-pyrrole nitrogens is 1. The van der Waals surface area contributed by atoms with Gasteiger partial charge in [0.05, 0.1) is 29.7 Å². The van der Waals surface area contributed by atoms with Crippen molar-refractivity contribution in [2.75, 3.05) is 0 Å². The van der Waals surface area contributed by atoms with Crippen LogP contribution in [-0.4, -0.2) is 25.3 Å². The molecule has 4 aromatic rings. The van der Waals surface area contributed by atoms with Crippen molar-refractivity contribution < 1.29 is 4.79 Å². The van der Waals surface area contributed by atoms with Crippen molar-refractivity contribution in [3.63, 3.8) is 0 Å². The molecule has 0 radical (unpaired) electrons. The van der Waals surface area contributed by atoms with Crippen LogP contribution in [0, 0.1) is 17.2 Å². The lowest BCUT2D eigenvalue weighted by Gasteiger charge is -2.14. The first-order valence-electron chi connectivity index (χ1n) is 10.5. The smallest absolute Gasteiger partial charge is 0.139 e. The molecule has 30 heavy (non-hydrogen) atoms. The van der Waals surface area contributed by atoms with E-state index in [1.54, 1.807) is 6.07 Å². The Balaban J connectivity index is 1.22. The molecule has 0 saturated heterocycles. The van der Waals surface area contributed by atoms with Gasteiger partial charge in [-0.2, -0.15) is 5.26 Å². The Hall–Kier alpha value is -3.46.